The third-order valence-corrected chi connectivity index (χ3v) is 7.64. The SMILES string of the molecule is C=C1N=C(NC(=O)NC2CC2)C=CN1CO[C@@]1(C)C(CCOCc2c(C)cccc2F)C1c1ccccc1.CCC.CI. The number of aryl methyl sites for hydroxylation is 1. The second-order valence-corrected chi connectivity index (χ2v) is 11.1. The molecule has 3 atom stereocenters. The van der Waals surface area contributed by atoms with Gasteiger partial charge < -0.3 is 19.7 Å². The number of hydrogen-bond donors (Lipinski definition) is 2. The number of carbonyl (C=O) groups excluding carboxylic acids is 1. The van der Waals surface area contributed by atoms with Crippen molar-refractivity contribution >= 4 is 34.5 Å². The van der Waals surface area contributed by atoms with Gasteiger partial charge in [0.25, 0.3) is 0 Å². The first-order valence-corrected chi connectivity index (χ1v) is 17.1. The summed E-state index contributed by atoms with van der Waals surface area (Å²) in [6.45, 7) is 13.4. The van der Waals surface area contributed by atoms with Crippen LogP contribution in [0.25, 0.3) is 0 Å². The Labute approximate surface area is 270 Å². The van der Waals surface area contributed by atoms with Gasteiger partial charge in [0.1, 0.15) is 24.2 Å². The van der Waals surface area contributed by atoms with E-state index >= 15 is 0 Å². The molecular weight excluding hydrogens is 658 g/mol. The molecule has 2 N–H and O–H groups in total. The van der Waals surface area contributed by atoms with Crippen molar-refractivity contribution in [3.8, 4) is 0 Å². The number of aliphatic imine (C=N–C) groups is 1. The van der Waals surface area contributed by atoms with Crippen LogP contribution in [0.1, 0.15) is 69.1 Å². The fourth-order valence-electron chi connectivity index (χ4n) is 5.13. The zero-order valence-corrected chi connectivity index (χ0v) is 28.2. The van der Waals surface area contributed by atoms with Gasteiger partial charge in [-0.1, -0.05) is 91.9 Å². The highest BCUT2D eigenvalue weighted by Crippen LogP contribution is 2.61. The van der Waals surface area contributed by atoms with Crippen LogP contribution in [-0.2, 0) is 16.1 Å². The minimum absolute atomic E-state index is 0.219. The molecule has 0 spiro atoms. The Balaban J connectivity index is 0.000000953. The summed E-state index contributed by atoms with van der Waals surface area (Å²) in [7, 11) is 0. The number of benzene rings is 2. The summed E-state index contributed by atoms with van der Waals surface area (Å²) < 4.78 is 26.5. The minimum Gasteiger partial charge on any atom is -0.377 e. The molecule has 5 rings (SSSR count). The number of hydrogen-bond acceptors (Lipinski definition) is 5. The van der Waals surface area contributed by atoms with Gasteiger partial charge in [-0.3, -0.25) is 5.32 Å². The predicted molar refractivity (Wildman–Crippen MR) is 181 cm³/mol. The normalized spacial score (nSPS) is 22.0. The van der Waals surface area contributed by atoms with E-state index in [-0.39, 0.29) is 48.7 Å². The number of rotatable bonds is 10. The average Bonchev–Trinajstić information content (AvgIpc) is 3.91. The Kier molecular flexibility index (Phi) is 13.7. The molecule has 0 radical (unpaired) electrons. The van der Waals surface area contributed by atoms with Gasteiger partial charge in [0.15, 0.2) is 0 Å². The third kappa shape index (κ3) is 9.87. The van der Waals surface area contributed by atoms with Crippen molar-refractivity contribution in [1.82, 2.24) is 15.5 Å². The average molecular weight is 705 g/mol. The molecule has 9 heteroatoms. The predicted octanol–water partition coefficient (Wildman–Crippen LogP) is 7.82. The number of nitrogens with one attached hydrogen (secondary N) is 2. The van der Waals surface area contributed by atoms with Crippen molar-refractivity contribution in [2.24, 2.45) is 10.9 Å². The van der Waals surface area contributed by atoms with Gasteiger partial charge in [0.05, 0.1) is 12.2 Å². The molecule has 43 heavy (non-hydrogen) atoms. The van der Waals surface area contributed by atoms with Crippen LogP contribution in [0, 0.1) is 18.7 Å². The number of nitrogens with zero attached hydrogens (tertiary/aromatic N) is 2. The number of alkyl halides is 1. The standard InChI is InChI=1S/C30H35FN4O3.C3H8.CH3I/c1-20-8-7-11-26(31)24(20)18-37-17-15-25-28(22-9-5-4-6-10-22)30(25,3)38-19-35-16-14-27(32-21(35)2)34-29(36)33-23-12-13-23;1-3-2;1-2/h4-11,14,16,23,25,28H,2,12-13,15,17-19H2,1,3H3,(H2,32,33,34,36);3H2,1-2H3;1H3/t25?,28?,30-;;/m0../s1. The zero-order valence-electron chi connectivity index (χ0n) is 26.0. The lowest BCUT2D eigenvalue weighted by Gasteiger charge is -2.26. The maximum absolute atomic E-state index is 14.2. The maximum atomic E-state index is 14.2. The van der Waals surface area contributed by atoms with E-state index in [2.05, 4.69) is 77.7 Å². The Morgan fingerprint density at radius 2 is 1.86 bits per heavy atom. The molecule has 2 aromatic carbocycles. The summed E-state index contributed by atoms with van der Waals surface area (Å²) in [5, 5.41) is 5.64. The summed E-state index contributed by atoms with van der Waals surface area (Å²) in [4.78, 5) is 20.2. The Morgan fingerprint density at radius 1 is 1.16 bits per heavy atom. The first kappa shape index (κ1) is 34.7. The van der Waals surface area contributed by atoms with Gasteiger partial charge in [-0.15, -0.1) is 0 Å². The Hall–Kier alpha value is -2.76. The highest BCUT2D eigenvalue weighted by atomic mass is 127. The minimum atomic E-state index is -0.390. The molecule has 2 saturated carbocycles. The molecular formula is C34H46FIN4O3. The summed E-state index contributed by atoms with van der Waals surface area (Å²) >= 11 is 2.15. The fraction of sp³-hybridized carbons (Fsp3) is 0.471. The number of amidine groups is 1. The van der Waals surface area contributed by atoms with Crippen LogP contribution in [0.2, 0.25) is 0 Å². The first-order valence-electron chi connectivity index (χ1n) is 14.9. The van der Waals surface area contributed by atoms with Gasteiger partial charge in [-0.2, -0.15) is 0 Å². The molecule has 0 aromatic heterocycles. The molecule has 3 aliphatic rings. The van der Waals surface area contributed by atoms with Crippen molar-refractivity contribution in [3.05, 3.63) is 95.7 Å². The van der Waals surface area contributed by atoms with Crippen LogP contribution in [0.3, 0.4) is 0 Å². The van der Waals surface area contributed by atoms with Crippen molar-refractivity contribution in [3.63, 3.8) is 0 Å². The lowest BCUT2D eigenvalue weighted by atomic mass is 10.1. The number of carbonyl (C=O) groups is 1. The summed E-state index contributed by atoms with van der Waals surface area (Å²) in [5.41, 5.74) is 2.34. The van der Waals surface area contributed by atoms with E-state index in [0.29, 0.717) is 23.8 Å². The lowest BCUT2D eigenvalue weighted by Crippen LogP contribution is -2.41. The highest BCUT2D eigenvalue weighted by Gasteiger charge is 2.62. The van der Waals surface area contributed by atoms with E-state index in [0.717, 1.165) is 24.8 Å². The molecule has 2 aliphatic carbocycles. The first-order chi connectivity index (χ1) is 20.8. The van der Waals surface area contributed by atoms with E-state index in [1.807, 2.05) is 47.2 Å². The number of amides is 2. The van der Waals surface area contributed by atoms with Crippen LogP contribution in [0.15, 0.2) is 78.2 Å². The van der Waals surface area contributed by atoms with Crippen molar-refractivity contribution in [2.45, 2.75) is 77.5 Å². The second kappa shape index (κ2) is 16.9. The second-order valence-electron chi connectivity index (χ2n) is 11.1. The third-order valence-electron chi connectivity index (χ3n) is 7.64. The van der Waals surface area contributed by atoms with E-state index < -0.39 is 0 Å². The molecule has 7 nitrogen and oxygen atoms in total. The smallest absolute Gasteiger partial charge is 0.320 e. The molecule has 1 heterocycles. The molecule has 0 bridgehead atoms. The van der Waals surface area contributed by atoms with Crippen LogP contribution >= 0.6 is 22.6 Å². The zero-order chi connectivity index (χ0) is 31.4. The van der Waals surface area contributed by atoms with Gasteiger partial charge >= 0.3 is 6.03 Å². The van der Waals surface area contributed by atoms with Crippen LogP contribution in [0.4, 0.5) is 9.18 Å². The number of halogens is 2. The monoisotopic (exact) mass is 704 g/mol. The molecule has 0 saturated heterocycles. The number of ether oxygens (including phenoxy) is 2. The maximum Gasteiger partial charge on any atom is 0.320 e. The van der Waals surface area contributed by atoms with Crippen LogP contribution < -0.4 is 10.6 Å². The molecule has 2 unspecified atom stereocenters. The topological polar surface area (TPSA) is 75.2 Å². The largest absolute Gasteiger partial charge is 0.377 e. The van der Waals surface area contributed by atoms with E-state index in [4.69, 9.17) is 9.47 Å². The molecule has 1 aliphatic heterocycles. The summed E-state index contributed by atoms with van der Waals surface area (Å²) in [6.07, 6.45) is 7.65. The van der Waals surface area contributed by atoms with E-state index in [1.165, 1.54) is 18.1 Å². The highest BCUT2D eigenvalue weighted by molar-refractivity contribution is 14.1. The van der Waals surface area contributed by atoms with Crippen molar-refractivity contribution in [2.75, 3.05) is 18.3 Å². The molecule has 2 aromatic rings. The van der Waals surface area contributed by atoms with Crippen molar-refractivity contribution < 1.29 is 18.7 Å². The van der Waals surface area contributed by atoms with Gasteiger partial charge in [0.2, 0.25) is 0 Å². The quantitative estimate of drug-likeness (QED) is 0.150. The summed E-state index contributed by atoms with van der Waals surface area (Å²) in [6, 6.07) is 15.5. The summed E-state index contributed by atoms with van der Waals surface area (Å²) in [5.74, 6) is 1.18. The lowest BCUT2D eigenvalue weighted by molar-refractivity contribution is -0.0172. The van der Waals surface area contributed by atoms with Gasteiger partial charge in [-0.25, -0.2) is 14.2 Å². The van der Waals surface area contributed by atoms with Crippen molar-refractivity contribution in [1.29, 1.82) is 0 Å². The van der Waals surface area contributed by atoms with Gasteiger partial charge in [0, 0.05) is 36.2 Å². The van der Waals surface area contributed by atoms with E-state index in [9.17, 15) is 9.18 Å². The van der Waals surface area contributed by atoms with Crippen LogP contribution in [-0.4, -0.2) is 46.7 Å². The van der Waals surface area contributed by atoms with Crippen LogP contribution in [0.5, 0.6) is 0 Å². The number of urea groups is 1. The van der Waals surface area contributed by atoms with E-state index in [1.54, 1.807) is 12.1 Å². The Morgan fingerprint density at radius 3 is 2.49 bits per heavy atom. The molecule has 2 amide bonds. The fourth-order valence-corrected chi connectivity index (χ4v) is 5.13. The Bertz CT molecular complexity index is 1250. The van der Waals surface area contributed by atoms with Gasteiger partial charge in [-0.05, 0) is 61.3 Å². The molecule has 234 valence electrons. The molecule has 2 fully saturated rings.